The van der Waals surface area contributed by atoms with E-state index in [0.717, 1.165) is 29.6 Å². The van der Waals surface area contributed by atoms with Crippen LogP contribution in [0.3, 0.4) is 0 Å². The molecule has 5 unspecified atom stereocenters. The molecule has 0 aromatic heterocycles. The molecule has 5 atom stereocenters. The fraction of sp³-hybridized carbons (Fsp3) is 0.882. The van der Waals surface area contributed by atoms with Gasteiger partial charge >= 0.3 is 0 Å². The Morgan fingerprint density at radius 2 is 1.72 bits per heavy atom. The Hall–Kier alpha value is -0.300. The highest BCUT2D eigenvalue weighted by molar-refractivity contribution is 5.23. The molecule has 0 saturated heterocycles. The highest BCUT2D eigenvalue weighted by Gasteiger charge is 2.66. The van der Waals surface area contributed by atoms with Crippen LogP contribution in [0.2, 0.25) is 0 Å². The van der Waals surface area contributed by atoms with E-state index >= 15 is 0 Å². The fourth-order valence-corrected chi connectivity index (χ4v) is 5.64. The standard InChI is InChI=1S/C17H27N/c18-17(11-6-4-2-1-3-5-7-11)16-14-12-8-9-13(10-12)15(14)16/h6,12-17H,1-5,7-10,18H2. The quantitative estimate of drug-likeness (QED) is 0.734. The van der Waals surface area contributed by atoms with E-state index in [-0.39, 0.29) is 0 Å². The van der Waals surface area contributed by atoms with Gasteiger partial charge in [-0.15, -0.1) is 0 Å². The lowest BCUT2D eigenvalue weighted by Gasteiger charge is -2.21. The monoisotopic (exact) mass is 245 g/mol. The van der Waals surface area contributed by atoms with E-state index in [1.165, 1.54) is 51.4 Å². The molecule has 0 aromatic carbocycles. The van der Waals surface area contributed by atoms with Gasteiger partial charge in [0, 0.05) is 6.04 Å². The smallest absolute Gasteiger partial charge is 0.0288 e. The van der Waals surface area contributed by atoms with Crippen LogP contribution in [0.5, 0.6) is 0 Å². The Morgan fingerprint density at radius 1 is 1.00 bits per heavy atom. The molecule has 0 aliphatic heterocycles. The van der Waals surface area contributed by atoms with Gasteiger partial charge in [0.25, 0.3) is 0 Å². The zero-order valence-corrected chi connectivity index (χ0v) is 11.5. The number of fused-ring (bicyclic) bond motifs is 5. The van der Waals surface area contributed by atoms with Crippen molar-refractivity contribution < 1.29 is 0 Å². The fourth-order valence-electron chi connectivity index (χ4n) is 5.64. The Balaban J connectivity index is 1.46. The third-order valence-corrected chi connectivity index (χ3v) is 6.46. The lowest BCUT2D eigenvalue weighted by molar-refractivity contribution is 0.425. The SMILES string of the molecule is NC(C1=CCCCCCC1)C1C2C3CCC(C3)C21. The molecule has 4 aliphatic rings. The van der Waals surface area contributed by atoms with Gasteiger partial charge in [0.2, 0.25) is 0 Å². The van der Waals surface area contributed by atoms with Crippen LogP contribution in [0.25, 0.3) is 0 Å². The maximum Gasteiger partial charge on any atom is 0.0288 e. The number of nitrogens with two attached hydrogens (primary N) is 1. The summed E-state index contributed by atoms with van der Waals surface area (Å²) >= 11 is 0. The Labute approximate surface area is 111 Å². The second-order valence-electron chi connectivity index (χ2n) is 7.32. The van der Waals surface area contributed by atoms with Gasteiger partial charge in [-0.2, -0.15) is 0 Å². The molecule has 100 valence electrons. The predicted molar refractivity (Wildman–Crippen MR) is 75.1 cm³/mol. The van der Waals surface area contributed by atoms with E-state index in [4.69, 9.17) is 5.73 Å². The van der Waals surface area contributed by atoms with Crippen LogP contribution in [-0.4, -0.2) is 6.04 Å². The zero-order chi connectivity index (χ0) is 12.1. The molecule has 0 heterocycles. The minimum atomic E-state index is 0.432. The summed E-state index contributed by atoms with van der Waals surface area (Å²) in [4.78, 5) is 0. The lowest BCUT2D eigenvalue weighted by Crippen LogP contribution is -2.28. The molecule has 0 amide bonds. The van der Waals surface area contributed by atoms with Gasteiger partial charge in [-0.05, 0) is 74.5 Å². The molecule has 1 nitrogen and oxygen atoms in total. The first-order valence-corrected chi connectivity index (χ1v) is 8.31. The molecule has 3 saturated carbocycles. The van der Waals surface area contributed by atoms with Gasteiger partial charge in [0.15, 0.2) is 0 Å². The molecule has 0 spiro atoms. The van der Waals surface area contributed by atoms with Crippen molar-refractivity contribution in [2.24, 2.45) is 35.3 Å². The summed E-state index contributed by atoms with van der Waals surface area (Å²) in [6.07, 6.45) is 15.3. The van der Waals surface area contributed by atoms with E-state index in [2.05, 4.69) is 6.08 Å². The van der Waals surface area contributed by atoms with Crippen molar-refractivity contribution in [3.63, 3.8) is 0 Å². The van der Waals surface area contributed by atoms with Crippen molar-refractivity contribution in [3.8, 4) is 0 Å². The van der Waals surface area contributed by atoms with Gasteiger partial charge < -0.3 is 5.73 Å². The molecule has 2 N–H and O–H groups in total. The average molecular weight is 245 g/mol. The summed E-state index contributed by atoms with van der Waals surface area (Å²) < 4.78 is 0. The van der Waals surface area contributed by atoms with Crippen molar-refractivity contribution >= 4 is 0 Å². The third-order valence-electron chi connectivity index (χ3n) is 6.46. The van der Waals surface area contributed by atoms with Crippen LogP contribution in [0.4, 0.5) is 0 Å². The molecule has 0 radical (unpaired) electrons. The molecule has 2 bridgehead atoms. The van der Waals surface area contributed by atoms with E-state index in [1.807, 2.05) is 0 Å². The van der Waals surface area contributed by atoms with Crippen LogP contribution in [0.15, 0.2) is 11.6 Å². The summed E-state index contributed by atoms with van der Waals surface area (Å²) in [5.74, 6) is 5.13. The Kier molecular flexibility index (Phi) is 2.80. The highest BCUT2D eigenvalue weighted by Crippen LogP contribution is 2.70. The van der Waals surface area contributed by atoms with E-state index in [0.29, 0.717) is 6.04 Å². The first-order valence-electron chi connectivity index (χ1n) is 8.31. The van der Waals surface area contributed by atoms with Crippen molar-refractivity contribution in [1.82, 2.24) is 0 Å². The van der Waals surface area contributed by atoms with Crippen LogP contribution in [0, 0.1) is 29.6 Å². The number of allylic oxidation sites excluding steroid dienone is 1. The van der Waals surface area contributed by atoms with Crippen LogP contribution < -0.4 is 5.73 Å². The van der Waals surface area contributed by atoms with E-state index < -0.39 is 0 Å². The molecule has 1 heteroatoms. The highest BCUT2D eigenvalue weighted by atomic mass is 14.8. The van der Waals surface area contributed by atoms with Gasteiger partial charge in [-0.25, -0.2) is 0 Å². The minimum absolute atomic E-state index is 0.432. The van der Waals surface area contributed by atoms with E-state index in [9.17, 15) is 0 Å². The maximum atomic E-state index is 6.65. The Bertz CT molecular complexity index is 343. The molecule has 0 aromatic rings. The van der Waals surface area contributed by atoms with E-state index in [1.54, 1.807) is 12.0 Å². The number of hydrogen-bond acceptors (Lipinski definition) is 1. The predicted octanol–water partition coefficient (Wildman–Crippen LogP) is 3.89. The Morgan fingerprint density at radius 3 is 2.50 bits per heavy atom. The van der Waals surface area contributed by atoms with Crippen molar-refractivity contribution in [2.75, 3.05) is 0 Å². The molecule has 4 aliphatic carbocycles. The molecule has 4 rings (SSSR count). The zero-order valence-electron chi connectivity index (χ0n) is 11.5. The normalized spacial score (nSPS) is 48.1. The average Bonchev–Trinajstić information content (AvgIpc) is 2.77. The lowest BCUT2D eigenvalue weighted by atomic mass is 9.89. The summed E-state index contributed by atoms with van der Waals surface area (Å²) in [5.41, 5.74) is 8.28. The summed E-state index contributed by atoms with van der Waals surface area (Å²) in [6, 6.07) is 0.432. The van der Waals surface area contributed by atoms with Crippen molar-refractivity contribution in [1.29, 1.82) is 0 Å². The topological polar surface area (TPSA) is 26.0 Å². The molecular weight excluding hydrogens is 218 g/mol. The number of rotatable bonds is 2. The van der Waals surface area contributed by atoms with Gasteiger partial charge in [-0.3, -0.25) is 0 Å². The molecular formula is C17H27N. The summed E-state index contributed by atoms with van der Waals surface area (Å²) in [5, 5.41) is 0. The second kappa shape index (κ2) is 4.37. The van der Waals surface area contributed by atoms with Crippen LogP contribution >= 0.6 is 0 Å². The van der Waals surface area contributed by atoms with Crippen LogP contribution in [0.1, 0.15) is 57.8 Å². The summed E-state index contributed by atoms with van der Waals surface area (Å²) in [6.45, 7) is 0. The molecule has 3 fully saturated rings. The van der Waals surface area contributed by atoms with Gasteiger partial charge in [-0.1, -0.05) is 24.5 Å². The van der Waals surface area contributed by atoms with Crippen molar-refractivity contribution in [2.45, 2.75) is 63.8 Å². The summed E-state index contributed by atoms with van der Waals surface area (Å²) in [7, 11) is 0. The third kappa shape index (κ3) is 1.70. The largest absolute Gasteiger partial charge is 0.324 e. The number of hydrogen-bond donors (Lipinski definition) is 1. The second-order valence-corrected chi connectivity index (χ2v) is 7.32. The van der Waals surface area contributed by atoms with Crippen LogP contribution in [-0.2, 0) is 0 Å². The first-order chi connectivity index (χ1) is 8.86. The molecule has 18 heavy (non-hydrogen) atoms. The van der Waals surface area contributed by atoms with Gasteiger partial charge in [0.1, 0.15) is 0 Å². The maximum absolute atomic E-state index is 6.65. The van der Waals surface area contributed by atoms with Gasteiger partial charge in [0.05, 0.1) is 0 Å². The minimum Gasteiger partial charge on any atom is -0.324 e. The van der Waals surface area contributed by atoms with Crippen molar-refractivity contribution in [3.05, 3.63) is 11.6 Å². The first kappa shape index (κ1) is 11.5.